The van der Waals surface area contributed by atoms with Crippen molar-refractivity contribution in [3.63, 3.8) is 0 Å². The van der Waals surface area contributed by atoms with Crippen molar-refractivity contribution in [3.8, 4) is 0 Å². The SMILES string of the molecule is CC1CN(C(=O)c2ccc(F)cn2)CCC1=O. The molecule has 0 spiro atoms. The highest BCUT2D eigenvalue weighted by molar-refractivity contribution is 5.94. The Kier molecular flexibility index (Phi) is 3.17. The number of nitrogens with zero attached hydrogens (tertiary/aromatic N) is 2. The fourth-order valence-corrected chi connectivity index (χ4v) is 1.86. The van der Waals surface area contributed by atoms with Gasteiger partial charge in [0.25, 0.3) is 5.91 Å². The van der Waals surface area contributed by atoms with Gasteiger partial charge in [-0.25, -0.2) is 9.37 Å². The van der Waals surface area contributed by atoms with Crippen LogP contribution in [-0.4, -0.2) is 34.7 Å². The molecule has 1 aromatic rings. The molecular weight excluding hydrogens is 223 g/mol. The zero-order valence-corrected chi connectivity index (χ0v) is 9.52. The van der Waals surface area contributed by atoms with Crippen molar-refractivity contribution in [2.75, 3.05) is 13.1 Å². The smallest absolute Gasteiger partial charge is 0.272 e. The Hall–Kier alpha value is -1.78. The summed E-state index contributed by atoms with van der Waals surface area (Å²) in [7, 11) is 0. The van der Waals surface area contributed by atoms with Gasteiger partial charge in [0, 0.05) is 25.4 Å². The molecule has 17 heavy (non-hydrogen) atoms. The summed E-state index contributed by atoms with van der Waals surface area (Å²) in [4.78, 5) is 28.7. The lowest BCUT2D eigenvalue weighted by Gasteiger charge is -2.29. The molecule has 0 N–H and O–H groups in total. The summed E-state index contributed by atoms with van der Waals surface area (Å²) in [5.41, 5.74) is 0.216. The van der Waals surface area contributed by atoms with Gasteiger partial charge in [-0.15, -0.1) is 0 Å². The molecule has 1 saturated heterocycles. The van der Waals surface area contributed by atoms with Crippen LogP contribution in [-0.2, 0) is 4.79 Å². The number of hydrogen-bond acceptors (Lipinski definition) is 3. The topological polar surface area (TPSA) is 50.3 Å². The van der Waals surface area contributed by atoms with Crippen LogP contribution in [0.25, 0.3) is 0 Å². The Morgan fingerprint density at radius 3 is 2.88 bits per heavy atom. The van der Waals surface area contributed by atoms with E-state index in [2.05, 4.69) is 4.98 Å². The molecule has 1 amide bonds. The van der Waals surface area contributed by atoms with Gasteiger partial charge in [0.2, 0.25) is 0 Å². The predicted octanol–water partition coefficient (Wildman–Crippen LogP) is 1.27. The van der Waals surface area contributed by atoms with E-state index in [0.717, 1.165) is 6.20 Å². The summed E-state index contributed by atoms with van der Waals surface area (Å²) < 4.78 is 12.7. The average molecular weight is 236 g/mol. The Balaban J connectivity index is 2.10. The van der Waals surface area contributed by atoms with Gasteiger partial charge in [0.1, 0.15) is 17.3 Å². The first-order valence-corrected chi connectivity index (χ1v) is 5.51. The van der Waals surface area contributed by atoms with Gasteiger partial charge in [-0.2, -0.15) is 0 Å². The van der Waals surface area contributed by atoms with E-state index < -0.39 is 5.82 Å². The van der Waals surface area contributed by atoms with Crippen LogP contribution in [0.15, 0.2) is 18.3 Å². The number of hydrogen-bond donors (Lipinski definition) is 0. The lowest BCUT2D eigenvalue weighted by atomic mass is 9.98. The van der Waals surface area contributed by atoms with E-state index in [1.807, 2.05) is 0 Å². The van der Waals surface area contributed by atoms with Gasteiger partial charge >= 0.3 is 0 Å². The third-order valence-electron chi connectivity index (χ3n) is 2.91. The Labute approximate surface area is 98.4 Å². The van der Waals surface area contributed by atoms with Crippen molar-refractivity contribution in [2.24, 2.45) is 5.92 Å². The van der Waals surface area contributed by atoms with E-state index in [9.17, 15) is 14.0 Å². The summed E-state index contributed by atoms with van der Waals surface area (Å²) in [5, 5.41) is 0. The van der Waals surface area contributed by atoms with Gasteiger partial charge in [-0.05, 0) is 12.1 Å². The van der Waals surface area contributed by atoms with E-state index in [1.54, 1.807) is 11.8 Å². The van der Waals surface area contributed by atoms with Crippen LogP contribution in [0.4, 0.5) is 4.39 Å². The number of ketones is 1. The lowest BCUT2D eigenvalue weighted by molar-refractivity contribution is -0.124. The van der Waals surface area contributed by atoms with Crippen LogP contribution in [0, 0.1) is 11.7 Å². The van der Waals surface area contributed by atoms with Crippen molar-refractivity contribution in [1.29, 1.82) is 0 Å². The van der Waals surface area contributed by atoms with Crippen molar-refractivity contribution in [1.82, 2.24) is 9.88 Å². The third kappa shape index (κ3) is 2.49. The minimum Gasteiger partial charge on any atom is -0.336 e. The van der Waals surface area contributed by atoms with Crippen LogP contribution >= 0.6 is 0 Å². The molecule has 0 bridgehead atoms. The second kappa shape index (κ2) is 4.61. The molecule has 90 valence electrons. The molecule has 0 aliphatic carbocycles. The van der Waals surface area contributed by atoms with E-state index in [4.69, 9.17) is 0 Å². The Bertz CT molecular complexity index is 444. The summed E-state index contributed by atoms with van der Waals surface area (Å²) in [6.07, 6.45) is 1.40. The molecule has 0 saturated carbocycles. The van der Waals surface area contributed by atoms with E-state index in [0.29, 0.717) is 19.5 Å². The van der Waals surface area contributed by atoms with Crippen LogP contribution in [0.2, 0.25) is 0 Å². The Morgan fingerprint density at radius 1 is 1.53 bits per heavy atom. The van der Waals surface area contributed by atoms with Gasteiger partial charge in [-0.3, -0.25) is 9.59 Å². The van der Waals surface area contributed by atoms with Gasteiger partial charge in [0.05, 0.1) is 6.20 Å². The zero-order chi connectivity index (χ0) is 12.4. The lowest BCUT2D eigenvalue weighted by Crippen LogP contribution is -2.43. The van der Waals surface area contributed by atoms with Gasteiger partial charge in [-0.1, -0.05) is 6.92 Å². The normalized spacial score (nSPS) is 20.5. The second-order valence-corrected chi connectivity index (χ2v) is 4.23. The van der Waals surface area contributed by atoms with Crippen molar-refractivity contribution < 1.29 is 14.0 Å². The molecule has 1 aliphatic heterocycles. The molecule has 0 aromatic carbocycles. The summed E-state index contributed by atoms with van der Waals surface area (Å²) >= 11 is 0. The number of rotatable bonds is 1. The summed E-state index contributed by atoms with van der Waals surface area (Å²) in [5.74, 6) is -0.664. The molecule has 1 aromatic heterocycles. The fraction of sp³-hybridized carbons (Fsp3) is 0.417. The number of aromatic nitrogens is 1. The largest absolute Gasteiger partial charge is 0.336 e. The van der Waals surface area contributed by atoms with Crippen LogP contribution in [0.1, 0.15) is 23.8 Å². The van der Waals surface area contributed by atoms with Crippen LogP contribution in [0.3, 0.4) is 0 Å². The third-order valence-corrected chi connectivity index (χ3v) is 2.91. The number of carbonyl (C=O) groups excluding carboxylic acids is 2. The molecule has 2 rings (SSSR count). The van der Waals surface area contributed by atoms with Crippen LogP contribution in [0.5, 0.6) is 0 Å². The molecular formula is C12H13FN2O2. The van der Waals surface area contributed by atoms with E-state index >= 15 is 0 Å². The predicted molar refractivity (Wildman–Crippen MR) is 58.9 cm³/mol. The number of amides is 1. The number of likely N-dealkylation sites (tertiary alicyclic amines) is 1. The molecule has 4 nitrogen and oxygen atoms in total. The quantitative estimate of drug-likeness (QED) is 0.737. The minimum absolute atomic E-state index is 0.131. The van der Waals surface area contributed by atoms with Gasteiger partial charge < -0.3 is 4.90 Å². The van der Waals surface area contributed by atoms with Crippen molar-refractivity contribution in [2.45, 2.75) is 13.3 Å². The van der Waals surface area contributed by atoms with Crippen LogP contribution < -0.4 is 0 Å². The molecule has 1 atom stereocenters. The first kappa shape index (κ1) is 11.7. The second-order valence-electron chi connectivity index (χ2n) is 4.23. The number of pyridine rings is 1. The van der Waals surface area contributed by atoms with Crippen molar-refractivity contribution >= 4 is 11.7 Å². The number of piperidine rings is 1. The highest BCUT2D eigenvalue weighted by atomic mass is 19.1. The Morgan fingerprint density at radius 2 is 2.29 bits per heavy atom. The average Bonchev–Trinajstić information content (AvgIpc) is 2.33. The van der Waals surface area contributed by atoms with Crippen molar-refractivity contribution in [3.05, 3.63) is 29.8 Å². The van der Waals surface area contributed by atoms with Gasteiger partial charge in [0.15, 0.2) is 0 Å². The van der Waals surface area contributed by atoms with E-state index in [-0.39, 0.29) is 23.3 Å². The molecule has 1 unspecified atom stereocenters. The molecule has 5 heteroatoms. The fourth-order valence-electron chi connectivity index (χ4n) is 1.86. The molecule has 2 heterocycles. The number of halogens is 1. The molecule has 0 radical (unpaired) electrons. The summed E-state index contributed by atoms with van der Waals surface area (Å²) in [6, 6.07) is 2.57. The number of Topliss-reactive ketones (excluding diaryl/α,β-unsaturated/α-hetero) is 1. The number of carbonyl (C=O) groups is 2. The molecule has 1 fully saturated rings. The monoisotopic (exact) mass is 236 g/mol. The maximum atomic E-state index is 12.7. The minimum atomic E-state index is -0.469. The maximum absolute atomic E-state index is 12.7. The maximum Gasteiger partial charge on any atom is 0.272 e. The standard InChI is InChI=1S/C12H13FN2O2/c1-8-7-15(5-4-11(8)16)12(17)10-3-2-9(13)6-14-10/h2-3,6,8H,4-5,7H2,1H3. The molecule has 1 aliphatic rings. The first-order valence-electron chi connectivity index (χ1n) is 5.51. The first-order chi connectivity index (χ1) is 8.08. The highest BCUT2D eigenvalue weighted by Crippen LogP contribution is 2.14. The zero-order valence-electron chi connectivity index (χ0n) is 9.52. The van der Waals surface area contributed by atoms with E-state index in [1.165, 1.54) is 12.1 Å². The highest BCUT2D eigenvalue weighted by Gasteiger charge is 2.27. The summed E-state index contributed by atoms with van der Waals surface area (Å²) in [6.45, 7) is 2.64.